The molecule has 0 unspecified atom stereocenters. The molecule has 0 saturated heterocycles. The van der Waals surface area contributed by atoms with Crippen LogP contribution in [0.4, 0.5) is 5.95 Å². The number of fused-ring (bicyclic) bond motifs is 1. The Hall–Kier alpha value is -2.67. The summed E-state index contributed by atoms with van der Waals surface area (Å²) < 4.78 is 5.22. The molecule has 1 saturated carbocycles. The molecular formula is C18H21N5O2. The van der Waals surface area contributed by atoms with Gasteiger partial charge in [0.1, 0.15) is 17.0 Å². The highest BCUT2D eigenvalue weighted by molar-refractivity contribution is 5.88. The molecule has 130 valence electrons. The van der Waals surface area contributed by atoms with Gasteiger partial charge < -0.3 is 20.1 Å². The largest absolute Gasteiger partial charge is 0.497 e. The summed E-state index contributed by atoms with van der Waals surface area (Å²) in [5, 5.41) is 13.1. The third-order valence-electron chi connectivity index (χ3n) is 4.68. The third kappa shape index (κ3) is 3.28. The molecule has 7 nitrogen and oxygen atoms in total. The first-order chi connectivity index (χ1) is 12.2. The molecule has 25 heavy (non-hydrogen) atoms. The summed E-state index contributed by atoms with van der Waals surface area (Å²) in [5.41, 5.74) is 3.23. The fourth-order valence-corrected chi connectivity index (χ4v) is 3.26. The van der Waals surface area contributed by atoms with E-state index in [1.165, 1.54) is 0 Å². The van der Waals surface area contributed by atoms with Gasteiger partial charge in [0.15, 0.2) is 5.65 Å². The molecule has 3 aromatic rings. The zero-order valence-corrected chi connectivity index (χ0v) is 14.1. The van der Waals surface area contributed by atoms with Crippen LogP contribution in [0.1, 0.15) is 25.7 Å². The van der Waals surface area contributed by atoms with Crippen molar-refractivity contribution in [3.8, 4) is 17.0 Å². The monoisotopic (exact) mass is 339 g/mol. The predicted molar refractivity (Wildman–Crippen MR) is 95.6 cm³/mol. The molecule has 7 heteroatoms. The van der Waals surface area contributed by atoms with E-state index in [2.05, 4.69) is 20.3 Å². The van der Waals surface area contributed by atoms with Crippen LogP contribution in [0.15, 0.2) is 30.6 Å². The summed E-state index contributed by atoms with van der Waals surface area (Å²) in [6.45, 7) is 0. The number of anilines is 1. The fraction of sp³-hybridized carbons (Fsp3) is 0.389. The van der Waals surface area contributed by atoms with Crippen LogP contribution in [0.2, 0.25) is 0 Å². The molecule has 0 radical (unpaired) electrons. The molecule has 2 heterocycles. The first-order valence-electron chi connectivity index (χ1n) is 8.53. The molecule has 0 atom stereocenters. The first kappa shape index (κ1) is 15.8. The number of benzene rings is 1. The number of aromatic nitrogens is 4. The lowest BCUT2D eigenvalue weighted by atomic mass is 9.93. The lowest BCUT2D eigenvalue weighted by Crippen LogP contribution is -2.29. The normalized spacial score (nSPS) is 20.6. The molecule has 0 bridgehead atoms. The van der Waals surface area contributed by atoms with E-state index >= 15 is 0 Å². The van der Waals surface area contributed by atoms with E-state index in [0.29, 0.717) is 11.6 Å². The number of nitrogens with zero attached hydrogens (tertiary/aromatic N) is 3. The number of hydrogen-bond donors (Lipinski definition) is 3. The molecule has 3 N–H and O–H groups in total. The fourth-order valence-electron chi connectivity index (χ4n) is 3.26. The number of rotatable bonds is 4. The van der Waals surface area contributed by atoms with E-state index in [4.69, 9.17) is 9.72 Å². The van der Waals surface area contributed by atoms with Crippen LogP contribution in [0.25, 0.3) is 22.4 Å². The Balaban J connectivity index is 1.67. The smallest absolute Gasteiger partial charge is 0.225 e. The van der Waals surface area contributed by atoms with Gasteiger partial charge in [0, 0.05) is 11.6 Å². The minimum atomic E-state index is -0.178. The number of nitrogens with one attached hydrogen (secondary N) is 2. The Bertz CT molecular complexity index is 854. The zero-order valence-electron chi connectivity index (χ0n) is 14.1. The number of methoxy groups -OCH3 is 1. The maximum atomic E-state index is 9.66. The van der Waals surface area contributed by atoms with Crippen LogP contribution in [0.3, 0.4) is 0 Å². The highest BCUT2D eigenvalue weighted by Crippen LogP contribution is 2.28. The van der Waals surface area contributed by atoms with Crippen molar-refractivity contribution in [3.05, 3.63) is 30.6 Å². The summed E-state index contributed by atoms with van der Waals surface area (Å²) in [6.07, 6.45) is 4.92. The SMILES string of the molecule is COc1ccc(-c2nc(NC3CCC(O)CC3)nc3nc[nH]c23)cc1. The molecule has 1 aliphatic carbocycles. The standard InChI is InChI=1S/C18H21N5O2/c1-25-14-8-2-11(3-9-14)15-16-17(20-10-19-16)23-18(22-15)21-12-4-6-13(24)7-5-12/h2-3,8-10,12-13,24H,4-7H2,1H3,(H2,19,20,21,22,23). The minimum absolute atomic E-state index is 0.178. The second kappa shape index (κ2) is 6.68. The summed E-state index contributed by atoms with van der Waals surface area (Å²) in [5.74, 6) is 1.38. The number of imidazole rings is 1. The van der Waals surface area contributed by atoms with Crippen molar-refractivity contribution in [3.63, 3.8) is 0 Å². The molecule has 1 fully saturated rings. The van der Waals surface area contributed by atoms with Gasteiger partial charge in [-0.3, -0.25) is 0 Å². The number of aromatic amines is 1. The van der Waals surface area contributed by atoms with Crippen molar-refractivity contribution in [2.24, 2.45) is 0 Å². The van der Waals surface area contributed by atoms with Gasteiger partial charge in [0.25, 0.3) is 0 Å². The molecule has 0 amide bonds. The quantitative estimate of drug-likeness (QED) is 0.676. The summed E-state index contributed by atoms with van der Waals surface area (Å²) in [6, 6.07) is 8.05. The zero-order chi connectivity index (χ0) is 17.2. The first-order valence-corrected chi connectivity index (χ1v) is 8.53. The Kier molecular flexibility index (Phi) is 4.23. The van der Waals surface area contributed by atoms with Crippen LogP contribution in [0.5, 0.6) is 5.75 Å². The van der Waals surface area contributed by atoms with Crippen molar-refractivity contribution >= 4 is 17.1 Å². The van der Waals surface area contributed by atoms with Gasteiger partial charge in [0.2, 0.25) is 5.95 Å². The van der Waals surface area contributed by atoms with Gasteiger partial charge in [-0.05, 0) is 49.9 Å². The second-order valence-electron chi connectivity index (χ2n) is 6.38. The van der Waals surface area contributed by atoms with E-state index < -0.39 is 0 Å². The van der Waals surface area contributed by atoms with Crippen LogP contribution >= 0.6 is 0 Å². The van der Waals surface area contributed by atoms with Crippen molar-refractivity contribution < 1.29 is 9.84 Å². The highest BCUT2D eigenvalue weighted by Gasteiger charge is 2.21. The Morgan fingerprint density at radius 3 is 2.60 bits per heavy atom. The average molecular weight is 339 g/mol. The number of hydrogen-bond acceptors (Lipinski definition) is 6. The van der Waals surface area contributed by atoms with E-state index in [0.717, 1.165) is 48.2 Å². The van der Waals surface area contributed by atoms with Crippen LogP contribution < -0.4 is 10.1 Å². The molecule has 0 spiro atoms. The summed E-state index contributed by atoms with van der Waals surface area (Å²) in [4.78, 5) is 16.6. The number of aliphatic hydroxyl groups excluding tert-OH is 1. The number of H-pyrrole nitrogens is 1. The molecule has 1 aliphatic rings. The average Bonchev–Trinajstić information content (AvgIpc) is 3.12. The van der Waals surface area contributed by atoms with Gasteiger partial charge in [-0.25, -0.2) is 9.97 Å². The second-order valence-corrected chi connectivity index (χ2v) is 6.38. The van der Waals surface area contributed by atoms with Gasteiger partial charge >= 0.3 is 0 Å². The molecular weight excluding hydrogens is 318 g/mol. The van der Waals surface area contributed by atoms with Crippen LogP contribution in [-0.4, -0.2) is 44.3 Å². The predicted octanol–water partition coefficient (Wildman–Crippen LogP) is 2.74. The van der Waals surface area contributed by atoms with Crippen LogP contribution in [0, 0.1) is 0 Å². The molecule has 4 rings (SSSR count). The van der Waals surface area contributed by atoms with E-state index in [9.17, 15) is 5.11 Å². The van der Waals surface area contributed by atoms with Gasteiger partial charge in [0.05, 0.1) is 19.5 Å². The topological polar surface area (TPSA) is 95.9 Å². The van der Waals surface area contributed by atoms with Crippen molar-refractivity contribution in [2.45, 2.75) is 37.8 Å². The third-order valence-corrected chi connectivity index (χ3v) is 4.68. The van der Waals surface area contributed by atoms with E-state index in [1.54, 1.807) is 13.4 Å². The van der Waals surface area contributed by atoms with Crippen LogP contribution in [-0.2, 0) is 0 Å². The molecule has 1 aromatic carbocycles. The maximum absolute atomic E-state index is 9.66. The van der Waals surface area contributed by atoms with Gasteiger partial charge in [-0.15, -0.1) is 0 Å². The lowest BCUT2D eigenvalue weighted by Gasteiger charge is -2.26. The summed E-state index contributed by atoms with van der Waals surface area (Å²) >= 11 is 0. The van der Waals surface area contributed by atoms with E-state index in [-0.39, 0.29) is 12.1 Å². The minimum Gasteiger partial charge on any atom is -0.497 e. The summed E-state index contributed by atoms with van der Waals surface area (Å²) in [7, 11) is 1.65. The van der Waals surface area contributed by atoms with E-state index in [1.807, 2.05) is 24.3 Å². The van der Waals surface area contributed by atoms with Crippen molar-refractivity contribution in [1.29, 1.82) is 0 Å². The van der Waals surface area contributed by atoms with Gasteiger partial charge in [-0.1, -0.05) is 0 Å². The van der Waals surface area contributed by atoms with Crippen molar-refractivity contribution in [1.82, 2.24) is 19.9 Å². The number of aliphatic hydroxyl groups is 1. The molecule has 2 aromatic heterocycles. The Morgan fingerprint density at radius 2 is 1.88 bits per heavy atom. The number of ether oxygens (including phenoxy) is 1. The van der Waals surface area contributed by atoms with Crippen molar-refractivity contribution in [2.75, 3.05) is 12.4 Å². The Morgan fingerprint density at radius 1 is 1.12 bits per heavy atom. The lowest BCUT2D eigenvalue weighted by molar-refractivity contribution is 0.126. The Labute approximate surface area is 145 Å². The van der Waals surface area contributed by atoms with Gasteiger partial charge in [-0.2, -0.15) is 4.98 Å². The maximum Gasteiger partial charge on any atom is 0.225 e. The molecule has 0 aliphatic heterocycles. The highest BCUT2D eigenvalue weighted by atomic mass is 16.5.